The van der Waals surface area contributed by atoms with Gasteiger partial charge in [-0.05, 0) is 55.8 Å². The molecular weight excluding hydrogens is 322 g/mol. The summed E-state index contributed by atoms with van der Waals surface area (Å²) < 4.78 is 12.1. The zero-order valence-corrected chi connectivity index (χ0v) is 15.0. The van der Waals surface area contributed by atoms with E-state index in [-0.39, 0.29) is 5.41 Å². The highest BCUT2D eigenvalue weighted by Gasteiger charge is 2.58. The van der Waals surface area contributed by atoms with Gasteiger partial charge in [0.2, 0.25) is 5.72 Å². The topological polar surface area (TPSA) is 21.7 Å². The second-order valence-electron chi connectivity index (χ2n) is 6.86. The molecule has 0 radical (unpaired) electrons. The number of ether oxygens (including phenoxy) is 2. The van der Waals surface area contributed by atoms with Crippen LogP contribution in [0.15, 0.2) is 42.5 Å². The number of likely N-dealkylation sites (N-methyl/N-ethyl adjacent to an activating group) is 1. The fraction of sp³-hybridized carbons (Fsp3) is 0.300. The Labute approximate surface area is 147 Å². The van der Waals surface area contributed by atoms with Gasteiger partial charge in [-0.3, -0.25) is 0 Å². The molecule has 4 rings (SSSR count). The molecule has 2 aromatic carbocycles. The highest BCUT2D eigenvalue weighted by molar-refractivity contribution is 6.30. The first-order valence-electron chi connectivity index (χ1n) is 8.00. The van der Waals surface area contributed by atoms with Gasteiger partial charge in [-0.1, -0.05) is 23.7 Å². The molecule has 0 amide bonds. The lowest BCUT2D eigenvalue weighted by atomic mass is 9.76. The van der Waals surface area contributed by atoms with Gasteiger partial charge in [0.15, 0.2) is 11.5 Å². The van der Waals surface area contributed by atoms with Crippen LogP contribution in [0.1, 0.15) is 25.0 Å². The molecular formula is C20H20ClNO2. The Balaban J connectivity index is 1.91. The molecule has 124 valence electrons. The van der Waals surface area contributed by atoms with Crippen molar-refractivity contribution in [1.82, 2.24) is 0 Å². The van der Waals surface area contributed by atoms with Gasteiger partial charge >= 0.3 is 0 Å². The molecule has 0 aromatic heterocycles. The van der Waals surface area contributed by atoms with Crippen LogP contribution in [0.4, 0.5) is 5.69 Å². The lowest BCUT2D eigenvalue weighted by molar-refractivity contribution is 0.0552. The van der Waals surface area contributed by atoms with E-state index in [4.69, 9.17) is 21.1 Å². The van der Waals surface area contributed by atoms with E-state index in [0.29, 0.717) is 0 Å². The van der Waals surface area contributed by atoms with Crippen LogP contribution in [0.25, 0.3) is 6.08 Å². The number of methoxy groups -OCH3 is 1. The number of anilines is 1. The molecule has 2 aromatic rings. The summed E-state index contributed by atoms with van der Waals surface area (Å²) in [6.45, 7) is 4.38. The average Bonchev–Trinajstić information content (AvgIpc) is 2.73. The predicted molar refractivity (Wildman–Crippen MR) is 98.3 cm³/mol. The summed E-state index contributed by atoms with van der Waals surface area (Å²) in [5.74, 6) is 1.52. The minimum absolute atomic E-state index is 0.281. The van der Waals surface area contributed by atoms with Crippen molar-refractivity contribution < 1.29 is 9.47 Å². The molecule has 1 atom stereocenters. The Kier molecular flexibility index (Phi) is 3.17. The van der Waals surface area contributed by atoms with Gasteiger partial charge in [0.05, 0.1) is 12.5 Å². The van der Waals surface area contributed by atoms with Crippen molar-refractivity contribution in [3.8, 4) is 11.5 Å². The van der Waals surface area contributed by atoms with Gasteiger partial charge in [0, 0.05) is 23.3 Å². The number of para-hydroxylation sites is 1. The molecule has 2 aliphatic rings. The van der Waals surface area contributed by atoms with E-state index >= 15 is 0 Å². The molecule has 1 unspecified atom stereocenters. The van der Waals surface area contributed by atoms with Crippen molar-refractivity contribution in [1.29, 1.82) is 0 Å². The average molecular weight is 342 g/mol. The van der Waals surface area contributed by atoms with Crippen molar-refractivity contribution in [3.63, 3.8) is 0 Å². The fourth-order valence-electron chi connectivity index (χ4n) is 3.94. The van der Waals surface area contributed by atoms with E-state index in [1.807, 2.05) is 30.3 Å². The van der Waals surface area contributed by atoms with Gasteiger partial charge in [0.25, 0.3) is 0 Å². The molecule has 2 aliphatic heterocycles. The molecule has 0 saturated carbocycles. The van der Waals surface area contributed by atoms with E-state index in [2.05, 4.69) is 44.0 Å². The number of halogens is 1. The van der Waals surface area contributed by atoms with Crippen LogP contribution in [0.3, 0.4) is 0 Å². The first kappa shape index (κ1) is 15.4. The van der Waals surface area contributed by atoms with Crippen molar-refractivity contribution in [3.05, 3.63) is 58.6 Å². The Hall–Kier alpha value is -2.13. The first-order valence-corrected chi connectivity index (χ1v) is 8.37. The van der Waals surface area contributed by atoms with E-state index in [1.165, 1.54) is 5.56 Å². The third-order valence-electron chi connectivity index (χ3n) is 5.36. The van der Waals surface area contributed by atoms with Gasteiger partial charge < -0.3 is 14.4 Å². The molecule has 3 nitrogen and oxygen atoms in total. The van der Waals surface area contributed by atoms with Crippen molar-refractivity contribution >= 4 is 23.4 Å². The normalized spacial score (nSPS) is 23.0. The van der Waals surface area contributed by atoms with E-state index < -0.39 is 5.72 Å². The van der Waals surface area contributed by atoms with E-state index in [9.17, 15) is 0 Å². The molecule has 1 spiro atoms. The van der Waals surface area contributed by atoms with E-state index in [1.54, 1.807) is 7.11 Å². The minimum Gasteiger partial charge on any atom is -0.493 e. The first-order chi connectivity index (χ1) is 11.4. The largest absolute Gasteiger partial charge is 0.493 e. The second-order valence-corrected chi connectivity index (χ2v) is 7.29. The monoisotopic (exact) mass is 341 g/mol. The Morgan fingerprint density at radius 1 is 1.17 bits per heavy atom. The third kappa shape index (κ3) is 1.79. The van der Waals surface area contributed by atoms with Crippen LogP contribution in [0, 0.1) is 0 Å². The lowest BCUT2D eigenvalue weighted by Crippen LogP contribution is -2.58. The second kappa shape index (κ2) is 4.93. The quantitative estimate of drug-likeness (QED) is 0.738. The van der Waals surface area contributed by atoms with Gasteiger partial charge in [-0.15, -0.1) is 0 Å². The van der Waals surface area contributed by atoms with Crippen LogP contribution in [-0.4, -0.2) is 19.9 Å². The maximum absolute atomic E-state index is 6.62. The zero-order valence-electron chi connectivity index (χ0n) is 14.3. The molecule has 0 saturated heterocycles. The third-order valence-corrected chi connectivity index (χ3v) is 5.60. The van der Waals surface area contributed by atoms with Gasteiger partial charge in [0.1, 0.15) is 0 Å². The molecule has 2 heterocycles. The van der Waals surface area contributed by atoms with Crippen molar-refractivity contribution in [2.45, 2.75) is 25.0 Å². The number of nitrogens with zero attached hydrogens (tertiary/aromatic N) is 1. The zero-order chi connectivity index (χ0) is 17.1. The Morgan fingerprint density at radius 2 is 1.96 bits per heavy atom. The van der Waals surface area contributed by atoms with Crippen molar-refractivity contribution in [2.24, 2.45) is 0 Å². The van der Waals surface area contributed by atoms with Crippen LogP contribution >= 0.6 is 11.6 Å². The molecule has 0 fully saturated rings. The molecule has 0 aliphatic carbocycles. The summed E-state index contributed by atoms with van der Waals surface area (Å²) in [5, 5.41) is 0.741. The van der Waals surface area contributed by atoms with Gasteiger partial charge in [-0.25, -0.2) is 0 Å². The number of fused-ring (bicyclic) bond motifs is 2. The van der Waals surface area contributed by atoms with E-state index in [0.717, 1.165) is 27.8 Å². The maximum Gasteiger partial charge on any atom is 0.212 e. The predicted octanol–water partition coefficient (Wildman–Crippen LogP) is 4.88. The number of benzene rings is 2. The minimum atomic E-state index is -0.623. The summed E-state index contributed by atoms with van der Waals surface area (Å²) >= 11 is 6.26. The highest BCUT2D eigenvalue weighted by Crippen LogP contribution is 2.55. The van der Waals surface area contributed by atoms with Crippen LogP contribution < -0.4 is 14.4 Å². The number of hydrogen-bond acceptors (Lipinski definition) is 3. The fourth-order valence-corrected chi connectivity index (χ4v) is 4.11. The lowest BCUT2D eigenvalue weighted by Gasteiger charge is -2.46. The molecule has 0 bridgehead atoms. The highest BCUT2D eigenvalue weighted by atomic mass is 35.5. The number of rotatable bonds is 1. The summed E-state index contributed by atoms with van der Waals surface area (Å²) in [7, 11) is 3.73. The van der Waals surface area contributed by atoms with Crippen LogP contribution in [0.5, 0.6) is 11.5 Å². The van der Waals surface area contributed by atoms with Gasteiger partial charge in [-0.2, -0.15) is 0 Å². The van der Waals surface area contributed by atoms with Crippen molar-refractivity contribution in [2.75, 3.05) is 19.1 Å². The molecule has 0 N–H and O–H groups in total. The Bertz CT molecular complexity index is 859. The molecule has 24 heavy (non-hydrogen) atoms. The number of hydrogen-bond donors (Lipinski definition) is 0. The SMILES string of the molecule is COc1cccc2c1OC1(C=C2)N(C)c2ccc(Cl)cc2C1(C)C. The summed E-state index contributed by atoms with van der Waals surface area (Å²) in [6.07, 6.45) is 4.26. The standard InChI is InChI=1S/C20H20ClNO2/c1-19(2)15-12-14(21)8-9-16(15)22(3)20(19)11-10-13-6-5-7-17(23-4)18(13)24-20/h5-12H,1-4H3. The van der Waals surface area contributed by atoms with Crippen LogP contribution in [0.2, 0.25) is 5.02 Å². The maximum atomic E-state index is 6.62. The summed E-state index contributed by atoms with van der Waals surface area (Å²) in [4.78, 5) is 2.19. The Morgan fingerprint density at radius 3 is 2.71 bits per heavy atom. The van der Waals surface area contributed by atoms with Crippen LogP contribution in [-0.2, 0) is 5.41 Å². The molecule has 4 heteroatoms. The summed E-state index contributed by atoms with van der Waals surface area (Å²) in [5.41, 5.74) is 2.43. The summed E-state index contributed by atoms with van der Waals surface area (Å²) in [6, 6.07) is 12.0. The smallest absolute Gasteiger partial charge is 0.212 e.